The number of carbonyl (C=O) groups excluding carboxylic acids is 1. The van der Waals surface area contributed by atoms with Gasteiger partial charge >= 0.3 is 0 Å². The highest BCUT2D eigenvalue weighted by atomic mass is 79.9. The van der Waals surface area contributed by atoms with Crippen molar-refractivity contribution in [1.82, 2.24) is 5.32 Å². The zero-order valence-corrected chi connectivity index (χ0v) is 16.2. The summed E-state index contributed by atoms with van der Waals surface area (Å²) in [7, 11) is 0. The molecule has 0 saturated carbocycles. The second kappa shape index (κ2) is 7.08. The average Bonchev–Trinajstić information content (AvgIpc) is 2.54. The van der Waals surface area contributed by atoms with E-state index in [0.717, 1.165) is 21.3 Å². The Morgan fingerprint density at radius 1 is 1.28 bits per heavy atom. The van der Waals surface area contributed by atoms with E-state index in [-0.39, 0.29) is 24.2 Å². The third-order valence-electron chi connectivity index (χ3n) is 4.14. The lowest BCUT2D eigenvalue weighted by Gasteiger charge is -2.38. The van der Waals surface area contributed by atoms with Crippen LogP contribution < -0.4 is 14.8 Å². The molecule has 1 aliphatic heterocycles. The summed E-state index contributed by atoms with van der Waals surface area (Å²) in [5.74, 6) is 1.36. The van der Waals surface area contributed by atoms with Crippen LogP contribution in [-0.4, -0.2) is 18.1 Å². The number of nitrogens with one attached hydrogen (secondary N) is 1. The molecule has 0 bridgehead atoms. The van der Waals surface area contributed by atoms with E-state index in [1.54, 1.807) is 0 Å². The summed E-state index contributed by atoms with van der Waals surface area (Å²) in [6.45, 7) is 6.09. The van der Waals surface area contributed by atoms with E-state index in [9.17, 15) is 4.79 Å². The van der Waals surface area contributed by atoms with Crippen LogP contribution in [0, 0.1) is 6.92 Å². The minimum absolute atomic E-state index is 0.0133. The number of benzene rings is 2. The van der Waals surface area contributed by atoms with Crippen LogP contribution in [-0.2, 0) is 4.79 Å². The Bertz CT molecular complexity index is 771. The summed E-state index contributed by atoms with van der Waals surface area (Å²) < 4.78 is 12.6. The molecule has 2 aromatic carbocycles. The van der Waals surface area contributed by atoms with Crippen molar-refractivity contribution in [1.29, 1.82) is 0 Å². The third-order valence-corrected chi connectivity index (χ3v) is 4.67. The summed E-state index contributed by atoms with van der Waals surface area (Å²) >= 11 is 3.38. The van der Waals surface area contributed by atoms with E-state index in [1.165, 1.54) is 0 Å². The van der Waals surface area contributed by atoms with E-state index in [0.29, 0.717) is 12.2 Å². The quantitative estimate of drug-likeness (QED) is 0.813. The number of hydrogen-bond donors (Lipinski definition) is 1. The summed E-state index contributed by atoms with van der Waals surface area (Å²) in [6.07, 6.45) is 0.716. The van der Waals surface area contributed by atoms with Crippen LogP contribution in [0.3, 0.4) is 0 Å². The first-order chi connectivity index (χ1) is 11.8. The molecule has 1 heterocycles. The van der Waals surface area contributed by atoms with Crippen LogP contribution in [0.1, 0.15) is 37.4 Å². The lowest BCUT2D eigenvalue weighted by molar-refractivity contribution is -0.124. The van der Waals surface area contributed by atoms with E-state index < -0.39 is 0 Å². The standard InChI is InChI=1S/C20H22BrNO3/c1-13-4-9-18-16(10-13)17(11-20(2,3)25-18)22-19(23)12-24-15-7-5-14(21)6-8-15/h4-10,17H,11-12H2,1-3H3,(H,22,23). The Morgan fingerprint density at radius 2 is 2.00 bits per heavy atom. The number of amides is 1. The second-order valence-electron chi connectivity index (χ2n) is 6.97. The fourth-order valence-corrected chi connectivity index (χ4v) is 3.28. The largest absolute Gasteiger partial charge is 0.487 e. The minimum Gasteiger partial charge on any atom is -0.487 e. The molecule has 132 valence electrons. The van der Waals surface area contributed by atoms with Crippen LogP contribution >= 0.6 is 15.9 Å². The molecule has 0 radical (unpaired) electrons. The summed E-state index contributed by atoms with van der Waals surface area (Å²) in [5, 5.41) is 3.09. The van der Waals surface area contributed by atoms with Gasteiger partial charge < -0.3 is 14.8 Å². The maximum Gasteiger partial charge on any atom is 0.258 e. The molecule has 0 saturated heterocycles. The number of carbonyl (C=O) groups is 1. The summed E-state index contributed by atoms with van der Waals surface area (Å²) in [4.78, 5) is 12.4. The van der Waals surface area contributed by atoms with Crippen molar-refractivity contribution >= 4 is 21.8 Å². The molecular weight excluding hydrogens is 382 g/mol. The monoisotopic (exact) mass is 403 g/mol. The molecule has 0 fully saturated rings. The molecule has 0 spiro atoms. The van der Waals surface area contributed by atoms with Gasteiger partial charge in [-0.1, -0.05) is 33.6 Å². The number of halogens is 1. The van der Waals surface area contributed by atoms with Crippen LogP contribution in [0.4, 0.5) is 0 Å². The van der Waals surface area contributed by atoms with Crippen LogP contribution in [0.2, 0.25) is 0 Å². The molecular formula is C20H22BrNO3. The third kappa shape index (κ3) is 4.54. The molecule has 25 heavy (non-hydrogen) atoms. The highest BCUT2D eigenvalue weighted by Gasteiger charge is 2.34. The number of hydrogen-bond acceptors (Lipinski definition) is 3. The highest BCUT2D eigenvalue weighted by molar-refractivity contribution is 9.10. The molecule has 1 N–H and O–H groups in total. The zero-order chi connectivity index (χ0) is 18.0. The van der Waals surface area contributed by atoms with Crippen molar-refractivity contribution in [2.45, 2.75) is 38.8 Å². The van der Waals surface area contributed by atoms with E-state index in [1.807, 2.05) is 57.2 Å². The van der Waals surface area contributed by atoms with Gasteiger partial charge in [-0.2, -0.15) is 0 Å². The average molecular weight is 404 g/mol. The minimum atomic E-state index is -0.327. The van der Waals surface area contributed by atoms with Crippen molar-refractivity contribution < 1.29 is 14.3 Å². The Hall–Kier alpha value is -2.01. The van der Waals surface area contributed by atoms with Gasteiger partial charge in [-0.3, -0.25) is 4.79 Å². The maximum absolute atomic E-state index is 12.4. The predicted octanol–water partition coefficient (Wildman–Crippen LogP) is 4.55. The van der Waals surface area contributed by atoms with E-state index >= 15 is 0 Å². The fourth-order valence-electron chi connectivity index (χ4n) is 3.02. The Balaban J connectivity index is 1.68. The van der Waals surface area contributed by atoms with Crippen molar-refractivity contribution in [3.05, 3.63) is 58.1 Å². The van der Waals surface area contributed by atoms with Gasteiger partial charge in [-0.15, -0.1) is 0 Å². The van der Waals surface area contributed by atoms with Gasteiger partial charge in [0.05, 0.1) is 6.04 Å². The van der Waals surface area contributed by atoms with Crippen molar-refractivity contribution in [3.8, 4) is 11.5 Å². The van der Waals surface area contributed by atoms with E-state index in [2.05, 4.69) is 27.3 Å². The Morgan fingerprint density at radius 3 is 2.72 bits per heavy atom. The molecule has 1 unspecified atom stereocenters. The lowest BCUT2D eigenvalue weighted by atomic mass is 9.89. The first-order valence-electron chi connectivity index (χ1n) is 8.30. The van der Waals surface area contributed by atoms with Gasteiger partial charge in [0.2, 0.25) is 0 Å². The molecule has 0 aromatic heterocycles. The van der Waals surface area contributed by atoms with Gasteiger partial charge in [0.1, 0.15) is 17.1 Å². The first-order valence-corrected chi connectivity index (χ1v) is 9.09. The highest BCUT2D eigenvalue weighted by Crippen LogP contribution is 2.39. The number of fused-ring (bicyclic) bond motifs is 1. The molecule has 1 atom stereocenters. The molecule has 3 rings (SSSR count). The molecule has 5 heteroatoms. The molecule has 1 amide bonds. The van der Waals surface area contributed by atoms with Crippen LogP contribution in [0.15, 0.2) is 46.9 Å². The van der Waals surface area contributed by atoms with Crippen molar-refractivity contribution in [2.75, 3.05) is 6.61 Å². The van der Waals surface area contributed by atoms with Crippen LogP contribution in [0.25, 0.3) is 0 Å². The Kier molecular flexibility index (Phi) is 5.04. The molecule has 0 aliphatic carbocycles. The van der Waals surface area contributed by atoms with Gasteiger partial charge in [0.25, 0.3) is 5.91 Å². The smallest absolute Gasteiger partial charge is 0.258 e. The SMILES string of the molecule is Cc1ccc2c(c1)C(NC(=O)COc1ccc(Br)cc1)CC(C)(C)O2. The number of aryl methyl sites for hydroxylation is 1. The van der Waals surface area contributed by atoms with Crippen LogP contribution in [0.5, 0.6) is 11.5 Å². The van der Waals surface area contributed by atoms with Gasteiger partial charge in [0, 0.05) is 16.5 Å². The lowest BCUT2D eigenvalue weighted by Crippen LogP contribution is -2.42. The van der Waals surface area contributed by atoms with Gasteiger partial charge in [-0.25, -0.2) is 0 Å². The van der Waals surface area contributed by atoms with Crippen molar-refractivity contribution in [2.24, 2.45) is 0 Å². The fraction of sp³-hybridized carbons (Fsp3) is 0.350. The second-order valence-corrected chi connectivity index (χ2v) is 7.89. The zero-order valence-electron chi connectivity index (χ0n) is 14.6. The molecule has 2 aromatic rings. The topological polar surface area (TPSA) is 47.6 Å². The predicted molar refractivity (Wildman–Crippen MR) is 101 cm³/mol. The first kappa shape index (κ1) is 17.8. The Labute approximate surface area is 156 Å². The maximum atomic E-state index is 12.4. The number of rotatable bonds is 4. The summed E-state index contributed by atoms with van der Waals surface area (Å²) in [5.41, 5.74) is 1.84. The van der Waals surface area contributed by atoms with Gasteiger partial charge in [0.15, 0.2) is 6.61 Å². The summed E-state index contributed by atoms with van der Waals surface area (Å²) in [6, 6.07) is 13.4. The normalized spacial score (nSPS) is 18.0. The molecule has 4 nitrogen and oxygen atoms in total. The number of ether oxygens (including phenoxy) is 2. The van der Waals surface area contributed by atoms with E-state index in [4.69, 9.17) is 9.47 Å². The van der Waals surface area contributed by atoms with Gasteiger partial charge in [-0.05, 0) is 51.1 Å². The molecule has 1 aliphatic rings. The van der Waals surface area contributed by atoms with Crippen molar-refractivity contribution in [3.63, 3.8) is 0 Å².